The van der Waals surface area contributed by atoms with Crippen molar-refractivity contribution in [2.24, 2.45) is 5.73 Å². The molecule has 1 aromatic rings. The van der Waals surface area contributed by atoms with Crippen molar-refractivity contribution in [3.63, 3.8) is 0 Å². The lowest BCUT2D eigenvalue weighted by atomic mass is 10.1. The van der Waals surface area contributed by atoms with Crippen LogP contribution in [0.15, 0.2) is 18.2 Å². The predicted octanol–water partition coefficient (Wildman–Crippen LogP) is 1.77. The predicted molar refractivity (Wildman–Crippen MR) is 57.7 cm³/mol. The highest BCUT2D eigenvalue weighted by atomic mass is 19.4. The Balaban J connectivity index is 2.30. The molecule has 0 aromatic heterocycles. The number of hydrogen-bond acceptors (Lipinski definition) is 3. The van der Waals surface area contributed by atoms with Crippen LogP contribution in [0.2, 0.25) is 0 Å². The first-order valence-electron chi connectivity index (χ1n) is 5.18. The summed E-state index contributed by atoms with van der Waals surface area (Å²) in [4.78, 5) is 0. The van der Waals surface area contributed by atoms with E-state index in [1.54, 1.807) is 0 Å². The molecule has 1 aliphatic rings. The van der Waals surface area contributed by atoms with Gasteiger partial charge in [0.2, 0.25) is 0 Å². The molecule has 7 heteroatoms. The van der Waals surface area contributed by atoms with E-state index in [-0.39, 0.29) is 17.4 Å². The largest absolute Gasteiger partial charge is 0.486 e. The Kier molecular flexibility index (Phi) is 3.16. The third-order valence-electron chi connectivity index (χ3n) is 2.50. The standard InChI is InChI=1S/C11H11F3N2O2/c12-11(13,14)9-2-1-6(3-8(9)10(15)16)18-7-4-17-5-7/h1-3,7H,4-5H2,(H3,15,16). The van der Waals surface area contributed by atoms with E-state index in [0.717, 1.165) is 12.1 Å². The lowest BCUT2D eigenvalue weighted by molar-refractivity contribution is -0.137. The third kappa shape index (κ3) is 2.56. The summed E-state index contributed by atoms with van der Waals surface area (Å²) >= 11 is 0. The van der Waals surface area contributed by atoms with Crippen molar-refractivity contribution in [2.75, 3.05) is 13.2 Å². The van der Waals surface area contributed by atoms with Gasteiger partial charge < -0.3 is 15.2 Å². The molecule has 0 saturated carbocycles. The summed E-state index contributed by atoms with van der Waals surface area (Å²) in [6.45, 7) is 0.826. The Bertz CT molecular complexity index is 470. The zero-order valence-electron chi connectivity index (χ0n) is 9.25. The van der Waals surface area contributed by atoms with Crippen LogP contribution >= 0.6 is 0 Å². The topological polar surface area (TPSA) is 68.3 Å². The number of rotatable bonds is 3. The smallest absolute Gasteiger partial charge is 0.417 e. The summed E-state index contributed by atoms with van der Waals surface area (Å²) in [5, 5.41) is 7.19. The van der Waals surface area contributed by atoms with E-state index < -0.39 is 17.6 Å². The number of alkyl halides is 3. The Morgan fingerprint density at radius 2 is 2.06 bits per heavy atom. The molecule has 0 spiro atoms. The number of nitrogens with two attached hydrogens (primary N) is 1. The molecule has 4 nitrogen and oxygen atoms in total. The maximum atomic E-state index is 12.7. The van der Waals surface area contributed by atoms with E-state index in [1.165, 1.54) is 6.07 Å². The molecule has 0 unspecified atom stereocenters. The molecule has 1 heterocycles. The van der Waals surface area contributed by atoms with Gasteiger partial charge in [-0.15, -0.1) is 0 Å². The molecule has 0 atom stereocenters. The van der Waals surface area contributed by atoms with Crippen LogP contribution in [0.3, 0.4) is 0 Å². The van der Waals surface area contributed by atoms with Crippen molar-refractivity contribution in [3.8, 4) is 5.75 Å². The van der Waals surface area contributed by atoms with Gasteiger partial charge in [-0.25, -0.2) is 0 Å². The Labute approximate surface area is 101 Å². The fraction of sp³-hybridized carbons (Fsp3) is 0.364. The fourth-order valence-corrected chi connectivity index (χ4v) is 1.54. The van der Waals surface area contributed by atoms with Crippen LogP contribution in [-0.2, 0) is 10.9 Å². The molecular formula is C11H11F3N2O2. The maximum absolute atomic E-state index is 12.7. The van der Waals surface area contributed by atoms with Crippen LogP contribution in [0.5, 0.6) is 5.75 Å². The molecule has 98 valence electrons. The molecule has 1 aliphatic heterocycles. The van der Waals surface area contributed by atoms with Crippen LogP contribution in [0, 0.1) is 5.41 Å². The highest BCUT2D eigenvalue weighted by molar-refractivity contribution is 5.97. The summed E-state index contributed by atoms with van der Waals surface area (Å²) in [6, 6.07) is 3.21. The molecule has 1 saturated heterocycles. The van der Waals surface area contributed by atoms with E-state index in [9.17, 15) is 13.2 Å². The quantitative estimate of drug-likeness (QED) is 0.642. The van der Waals surface area contributed by atoms with E-state index in [0.29, 0.717) is 13.2 Å². The zero-order valence-corrected chi connectivity index (χ0v) is 9.25. The van der Waals surface area contributed by atoms with E-state index in [4.69, 9.17) is 20.6 Å². The van der Waals surface area contributed by atoms with Crippen molar-refractivity contribution < 1.29 is 22.6 Å². The highest BCUT2D eigenvalue weighted by Gasteiger charge is 2.34. The minimum atomic E-state index is -4.54. The average Bonchev–Trinajstić information content (AvgIpc) is 2.21. The third-order valence-corrected chi connectivity index (χ3v) is 2.50. The summed E-state index contributed by atoms with van der Waals surface area (Å²) < 4.78 is 48.3. The van der Waals surface area contributed by atoms with E-state index in [2.05, 4.69) is 0 Å². The monoisotopic (exact) mass is 260 g/mol. The Morgan fingerprint density at radius 3 is 2.50 bits per heavy atom. The van der Waals surface area contributed by atoms with E-state index in [1.807, 2.05) is 0 Å². The summed E-state index contributed by atoms with van der Waals surface area (Å²) in [7, 11) is 0. The minimum Gasteiger partial charge on any atom is -0.486 e. The second-order valence-electron chi connectivity index (χ2n) is 3.90. The first-order valence-corrected chi connectivity index (χ1v) is 5.18. The number of hydrogen-bond donors (Lipinski definition) is 2. The first kappa shape index (κ1) is 12.7. The average molecular weight is 260 g/mol. The first-order chi connectivity index (χ1) is 8.38. The SMILES string of the molecule is N=C(N)c1cc(OC2COC2)ccc1C(F)(F)F. The van der Waals surface area contributed by atoms with Gasteiger partial charge in [-0.3, -0.25) is 5.41 Å². The molecular weight excluding hydrogens is 249 g/mol. The second-order valence-corrected chi connectivity index (χ2v) is 3.90. The highest BCUT2D eigenvalue weighted by Crippen LogP contribution is 2.34. The Morgan fingerprint density at radius 1 is 1.39 bits per heavy atom. The number of ether oxygens (including phenoxy) is 2. The van der Waals surface area contributed by atoms with Gasteiger partial charge in [-0.05, 0) is 18.2 Å². The van der Waals surface area contributed by atoms with Gasteiger partial charge in [0, 0.05) is 5.56 Å². The van der Waals surface area contributed by atoms with Crippen molar-refractivity contribution in [1.82, 2.24) is 0 Å². The number of benzene rings is 1. The van der Waals surface area contributed by atoms with Crippen molar-refractivity contribution in [3.05, 3.63) is 29.3 Å². The van der Waals surface area contributed by atoms with Gasteiger partial charge in [0.15, 0.2) is 0 Å². The van der Waals surface area contributed by atoms with Gasteiger partial charge in [-0.1, -0.05) is 0 Å². The van der Waals surface area contributed by atoms with Crippen LogP contribution < -0.4 is 10.5 Å². The molecule has 0 aliphatic carbocycles. The second kappa shape index (κ2) is 4.49. The summed E-state index contributed by atoms with van der Waals surface area (Å²) in [5.74, 6) is -0.390. The summed E-state index contributed by atoms with van der Waals surface area (Å²) in [5.41, 5.74) is 3.85. The minimum absolute atomic E-state index is 0.151. The van der Waals surface area contributed by atoms with Gasteiger partial charge in [-0.2, -0.15) is 13.2 Å². The van der Waals surface area contributed by atoms with Crippen LogP contribution in [-0.4, -0.2) is 25.2 Å². The van der Waals surface area contributed by atoms with Crippen molar-refractivity contribution >= 4 is 5.84 Å². The normalized spacial score (nSPS) is 16.2. The number of nitrogens with one attached hydrogen (secondary N) is 1. The molecule has 0 amide bonds. The van der Waals surface area contributed by atoms with E-state index >= 15 is 0 Å². The lowest BCUT2D eigenvalue weighted by Gasteiger charge is -2.27. The fourth-order valence-electron chi connectivity index (χ4n) is 1.54. The summed E-state index contributed by atoms with van der Waals surface area (Å²) in [6.07, 6.45) is -4.69. The van der Waals surface area contributed by atoms with Gasteiger partial charge in [0.05, 0.1) is 18.8 Å². The maximum Gasteiger partial charge on any atom is 0.417 e. The number of halogens is 3. The number of nitrogen functional groups attached to an aromatic ring is 1. The molecule has 1 aromatic carbocycles. The van der Waals surface area contributed by atoms with Crippen molar-refractivity contribution in [2.45, 2.75) is 12.3 Å². The molecule has 0 bridgehead atoms. The lowest BCUT2D eigenvalue weighted by Crippen LogP contribution is -2.38. The van der Waals surface area contributed by atoms with Gasteiger partial charge >= 0.3 is 6.18 Å². The van der Waals surface area contributed by atoms with Gasteiger partial charge in [0.1, 0.15) is 17.7 Å². The zero-order chi connectivity index (χ0) is 13.3. The molecule has 18 heavy (non-hydrogen) atoms. The molecule has 1 fully saturated rings. The number of amidine groups is 1. The van der Waals surface area contributed by atoms with Gasteiger partial charge in [0.25, 0.3) is 0 Å². The van der Waals surface area contributed by atoms with Crippen LogP contribution in [0.25, 0.3) is 0 Å². The van der Waals surface area contributed by atoms with Crippen LogP contribution in [0.4, 0.5) is 13.2 Å². The van der Waals surface area contributed by atoms with Crippen molar-refractivity contribution in [1.29, 1.82) is 5.41 Å². The Hall–Kier alpha value is -1.76. The molecule has 3 N–H and O–H groups in total. The van der Waals surface area contributed by atoms with Crippen LogP contribution in [0.1, 0.15) is 11.1 Å². The molecule has 2 rings (SSSR count). The molecule has 0 radical (unpaired) electrons.